The highest BCUT2D eigenvalue weighted by Gasteiger charge is 2.25. The minimum atomic E-state index is -0.947. The fraction of sp³-hybridized carbons (Fsp3) is 0.167. The number of thiazole rings is 1. The van der Waals surface area contributed by atoms with Crippen LogP contribution in [0.15, 0.2) is 41.5 Å². The molecule has 144 valence electrons. The minimum Gasteiger partial charge on any atom is -0.465 e. The number of benzene rings is 1. The number of hydrogen-bond acceptors (Lipinski definition) is 8. The topological polar surface area (TPSA) is 108 Å². The molecule has 0 radical (unpaired) electrons. The lowest BCUT2D eigenvalue weighted by molar-refractivity contribution is -0.117. The second kappa shape index (κ2) is 7.61. The molecular formula is C18H15N3O6S. The lowest BCUT2D eigenvalue weighted by atomic mass is 10.2. The van der Waals surface area contributed by atoms with Crippen LogP contribution in [0.1, 0.15) is 27.6 Å². The Morgan fingerprint density at radius 3 is 2.11 bits per heavy atom. The molecule has 1 aromatic carbocycles. The molecule has 3 aromatic rings. The third-order valence-electron chi connectivity index (χ3n) is 3.82. The predicted octanol–water partition coefficient (Wildman–Crippen LogP) is 1.85. The maximum Gasteiger partial charge on any atom is 0.343 e. The number of hydrogen-bond donors (Lipinski definition) is 0. The molecule has 0 bridgehead atoms. The molecule has 0 fully saturated rings. The zero-order chi connectivity index (χ0) is 20.4. The van der Waals surface area contributed by atoms with E-state index >= 15 is 0 Å². The molecule has 3 rings (SSSR count). The van der Waals surface area contributed by atoms with E-state index in [9.17, 15) is 19.2 Å². The quantitative estimate of drug-likeness (QED) is 0.614. The van der Waals surface area contributed by atoms with E-state index < -0.39 is 34.4 Å². The standard InChI is InChI=1S/C18H15N3O6S/c1-10(22)21(18-19-13-6-4-5-7-14(13)28-18)20-8-11(16(24)26-2)15(23)12(9-20)17(25)27-3/h4-9H,1-3H3. The summed E-state index contributed by atoms with van der Waals surface area (Å²) in [6, 6.07) is 7.29. The first-order valence-electron chi connectivity index (χ1n) is 7.97. The maximum absolute atomic E-state index is 12.5. The normalized spacial score (nSPS) is 10.5. The fourth-order valence-electron chi connectivity index (χ4n) is 2.54. The Morgan fingerprint density at radius 2 is 1.61 bits per heavy atom. The Kier molecular flexibility index (Phi) is 5.23. The lowest BCUT2D eigenvalue weighted by Gasteiger charge is -2.22. The second-order valence-electron chi connectivity index (χ2n) is 5.57. The number of carbonyl (C=O) groups excluding carboxylic acids is 3. The van der Waals surface area contributed by atoms with E-state index in [1.54, 1.807) is 6.07 Å². The first-order valence-corrected chi connectivity index (χ1v) is 8.78. The van der Waals surface area contributed by atoms with Crippen molar-refractivity contribution in [3.8, 4) is 0 Å². The van der Waals surface area contributed by atoms with E-state index in [4.69, 9.17) is 0 Å². The number of pyridine rings is 1. The van der Waals surface area contributed by atoms with Gasteiger partial charge in [-0.05, 0) is 12.1 Å². The molecule has 0 aliphatic heterocycles. The van der Waals surface area contributed by atoms with Crippen molar-refractivity contribution in [2.24, 2.45) is 0 Å². The number of amides is 1. The summed E-state index contributed by atoms with van der Waals surface area (Å²) in [7, 11) is 2.21. The van der Waals surface area contributed by atoms with Gasteiger partial charge in [-0.15, -0.1) is 0 Å². The van der Waals surface area contributed by atoms with Gasteiger partial charge in [0.15, 0.2) is 0 Å². The van der Waals surface area contributed by atoms with Gasteiger partial charge >= 0.3 is 11.9 Å². The summed E-state index contributed by atoms with van der Waals surface area (Å²) < 4.78 is 11.2. The highest BCUT2D eigenvalue weighted by atomic mass is 32.1. The smallest absolute Gasteiger partial charge is 0.343 e. The van der Waals surface area contributed by atoms with Crippen LogP contribution in [-0.2, 0) is 14.3 Å². The summed E-state index contributed by atoms with van der Waals surface area (Å²) in [5, 5.41) is 1.44. The molecule has 0 aliphatic rings. The van der Waals surface area contributed by atoms with Gasteiger partial charge in [0.25, 0.3) is 0 Å². The van der Waals surface area contributed by atoms with Crippen LogP contribution in [0, 0.1) is 0 Å². The SMILES string of the molecule is COC(=O)c1cn(N(C(C)=O)c2nc3ccccc3s2)cc(C(=O)OC)c1=O. The summed E-state index contributed by atoms with van der Waals surface area (Å²) in [6.07, 6.45) is 2.24. The number of fused-ring (bicyclic) bond motifs is 1. The molecule has 2 aromatic heterocycles. The number of methoxy groups -OCH3 is 2. The van der Waals surface area contributed by atoms with E-state index in [2.05, 4.69) is 14.5 Å². The highest BCUT2D eigenvalue weighted by molar-refractivity contribution is 7.22. The van der Waals surface area contributed by atoms with E-state index in [1.165, 1.54) is 18.3 Å². The second-order valence-corrected chi connectivity index (χ2v) is 6.58. The van der Waals surface area contributed by atoms with Crippen LogP contribution in [-0.4, -0.2) is 41.7 Å². The number of rotatable bonds is 4. The molecule has 0 unspecified atom stereocenters. The molecule has 1 amide bonds. The van der Waals surface area contributed by atoms with Crippen LogP contribution in [0.3, 0.4) is 0 Å². The Morgan fingerprint density at radius 1 is 1.04 bits per heavy atom. The van der Waals surface area contributed by atoms with Gasteiger partial charge in [0.2, 0.25) is 16.5 Å². The van der Waals surface area contributed by atoms with E-state index in [1.807, 2.05) is 18.2 Å². The van der Waals surface area contributed by atoms with E-state index in [-0.39, 0.29) is 0 Å². The van der Waals surface area contributed by atoms with Crippen molar-refractivity contribution in [3.05, 3.63) is 58.0 Å². The van der Waals surface area contributed by atoms with Crippen LogP contribution >= 0.6 is 11.3 Å². The molecule has 9 nitrogen and oxygen atoms in total. The summed E-state index contributed by atoms with van der Waals surface area (Å²) in [5.74, 6) is -2.34. The zero-order valence-corrected chi connectivity index (χ0v) is 16.0. The molecule has 0 saturated heterocycles. The number of nitrogens with zero attached hydrogens (tertiary/aromatic N) is 3. The number of carbonyl (C=O) groups is 3. The van der Waals surface area contributed by atoms with Gasteiger partial charge in [-0.3, -0.25) is 14.3 Å². The van der Waals surface area contributed by atoms with Crippen LogP contribution in [0.4, 0.5) is 5.13 Å². The molecule has 0 spiro atoms. The molecule has 10 heteroatoms. The Hall–Kier alpha value is -3.53. The predicted molar refractivity (Wildman–Crippen MR) is 102 cm³/mol. The number of esters is 2. The Balaban J connectivity index is 2.25. The van der Waals surface area contributed by atoms with Crippen molar-refractivity contribution in [2.45, 2.75) is 6.92 Å². The van der Waals surface area contributed by atoms with Crippen molar-refractivity contribution < 1.29 is 23.9 Å². The number of aromatic nitrogens is 2. The third kappa shape index (κ3) is 3.37. The van der Waals surface area contributed by atoms with Gasteiger partial charge in [0.05, 0.1) is 24.4 Å². The van der Waals surface area contributed by atoms with Crippen molar-refractivity contribution >= 4 is 44.5 Å². The first kappa shape index (κ1) is 19.2. The Bertz CT molecular complexity index is 1080. The van der Waals surface area contributed by atoms with Crippen LogP contribution in [0.5, 0.6) is 0 Å². The van der Waals surface area contributed by atoms with Crippen LogP contribution < -0.4 is 10.4 Å². The molecular weight excluding hydrogens is 386 g/mol. The van der Waals surface area contributed by atoms with Gasteiger partial charge in [0.1, 0.15) is 11.1 Å². The van der Waals surface area contributed by atoms with E-state index in [0.29, 0.717) is 10.6 Å². The molecule has 0 aliphatic carbocycles. The van der Waals surface area contributed by atoms with Gasteiger partial charge in [0, 0.05) is 19.3 Å². The minimum absolute atomic E-state index is 0.295. The first-order chi connectivity index (χ1) is 13.4. The van der Waals surface area contributed by atoms with Crippen molar-refractivity contribution in [1.29, 1.82) is 0 Å². The molecule has 0 atom stereocenters. The monoisotopic (exact) mass is 401 g/mol. The van der Waals surface area contributed by atoms with Gasteiger partial charge in [-0.2, -0.15) is 5.01 Å². The van der Waals surface area contributed by atoms with Crippen molar-refractivity contribution in [2.75, 3.05) is 19.2 Å². The van der Waals surface area contributed by atoms with Gasteiger partial charge in [-0.1, -0.05) is 23.5 Å². The van der Waals surface area contributed by atoms with Crippen molar-refractivity contribution in [1.82, 2.24) is 9.66 Å². The average Bonchev–Trinajstić information content (AvgIpc) is 3.10. The molecule has 0 N–H and O–H groups in total. The van der Waals surface area contributed by atoms with Crippen LogP contribution in [0.2, 0.25) is 0 Å². The van der Waals surface area contributed by atoms with Crippen LogP contribution in [0.25, 0.3) is 10.2 Å². The van der Waals surface area contributed by atoms with Gasteiger partial charge < -0.3 is 9.47 Å². The molecule has 2 heterocycles. The molecule has 28 heavy (non-hydrogen) atoms. The number of ether oxygens (including phenoxy) is 2. The van der Waals surface area contributed by atoms with Gasteiger partial charge in [-0.25, -0.2) is 14.6 Å². The van der Waals surface area contributed by atoms with E-state index in [0.717, 1.165) is 41.0 Å². The Labute approximate surface area is 162 Å². The number of anilines is 1. The molecule has 0 saturated carbocycles. The summed E-state index contributed by atoms with van der Waals surface area (Å²) in [6.45, 7) is 1.29. The summed E-state index contributed by atoms with van der Waals surface area (Å²) in [5.41, 5.74) is -1.02. The summed E-state index contributed by atoms with van der Waals surface area (Å²) >= 11 is 1.24. The average molecular weight is 401 g/mol. The highest BCUT2D eigenvalue weighted by Crippen LogP contribution is 2.29. The summed E-state index contributed by atoms with van der Waals surface area (Å²) in [4.78, 5) is 53.3. The lowest BCUT2D eigenvalue weighted by Crippen LogP contribution is -2.37. The third-order valence-corrected chi connectivity index (χ3v) is 4.83. The largest absolute Gasteiger partial charge is 0.465 e. The zero-order valence-electron chi connectivity index (χ0n) is 15.2. The maximum atomic E-state index is 12.5. The fourth-order valence-corrected chi connectivity index (χ4v) is 3.55. The van der Waals surface area contributed by atoms with Crippen molar-refractivity contribution in [3.63, 3.8) is 0 Å². The number of para-hydroxylation sites is 1.